The molecule has 0 spiro atoms. The third-order valence-electron chi connectivity index (χ3n) is 2.22. The van der Waals surface area contributed by atoms with E-state index in [0.717, 1.165) is 0 Å². The van der Waals surface area contributed by atoms with Gasteiger partial charge in [0.1, 0.15) is 0 Å². The zero-order chi connectivity index (χ0) is 13.3. The van der Waals surface area contributed by atoms with E-state index in [9.17, 15) is 9.59 Å². The van der Waals surface area contributed by atoms with E-state index in [0.29, 0.717) is 26.1 Å². The minimum Gasteiger partial charge on any atom is -0.385 e. The normalized spacial score (nSPS) is 12.3. The highest BCUT2D eigenvalue weighted by Crippen LogP contribution is 1.90. The van der Waals surface area contributed by atoms with Crippen molar-refractivity contribution >= 4 is 11.8 Å². The predicted octanol–water partition coefficient (Wildman–Crippen LogP) is -0.761. The van der Waals surface area contributed by atoms with Gasteiger partial charge in [-0.05, 0) is 6.42 Å². The van der Waals surface area contributed by atoms with Gasteiger partial charge >= 0.3 is 0 Å². The molecule has 2 amide bonds. The lowest BCUT2D eigenvalue weighted by molar-refractivity contribution is -0.125. The number of hydrogen-bond acceptors (Lipinski definition) is 4. The quantitative estimate of drug-likeness (QED) is 0.490. The molecule has 6 nitrogen and oxygen atoms in total. The zero-order valence-electron chi connectivity index (χ0n) is 10.8. The van der Waals surface area contributed by atoms with Crippen LogP contribution in [0.15, 0.2) is 0 Å². The van der Waals surface area contributed by atoms with E-state index in [2.05, 4.69) is 10.6 Å². The smallest absolute Gasteiger partial charge is 0.237 e. The highest BCUT2D eigenvalue weighted by atomic mass is 16.5. The Morgan fingerprint density at radius 1 is 1.18 bits per heavy atom. The molecule has 0 aromatic heterocycles. The first kappa shape index (κ1) is 15.9. The maximum atomic E-state index is 11.4. The summed E-state index contributed by atoms with van der Waals surface area (Å²) >= 11 is 0. The Balaban J connectivity index is 3.60. The average molecular weight is 245 g/mol. The van der Waals surface area contributed by atoms with Crippen molar-refractivity contribution in [3.05, 3.63) is 0 Å². The molecule has 0 fully saturated rings. The summed E-state index contributed by atoms with van der Waals surface area (Å²) in [6.07, 6.45) is 0.487. The Kier molecular flexibility index (Phi) is 8.35. The van der Waals surface area contributed by atoms with Crippen molar-refractivity contribution in [1.82, 2.24) is 10.6 Å². The Labute approximate surface area is 102 Å². The van der Waals surface area contributed by atoms with Crippen molar-refractivity contribution in [2.45, 2.75) is 26.3 Å². The molecule has 6 heteroatoms. The van der Waals surface area contributed by atoms with E-state index >= 15 is 0 Å². The summed E-state index contributed by atoms with van der Waals surface area (Å²) in [4.78, 5) is 22.6. The molecule has 0 aliphatic rings. The second kappa shape index (κ2) is 8.95. The summed E-state index contributed by atoms with van der Waals surface area (Å²) in [6.45, 7) is 4.89. The molecule has 0 bridgehead atoms. The van der Waals surface area contributed by atoms with Gasteiger partial charge in [-0.3, -0.25) is 9.59 Å². The van der Waals surface area contributed by atoms with Crippen molar-refractivity contribution in [2.24, 2.45) is 11.7 Å². The SMILES string of the molecule is COCCC(N)C(=O)NCCNC(=O)C(C)C. The highest BCUT2D eigenvalue weighted by Gasteiger charge is 2.12. The van der Waals surface area contributed by atoms with Gasteiger partial charge in [0.15, 0.2) is 0 Å². The minimum atomic E-state index is -0.559. The van der Waals surface area contributed by atoms with Crippen LogP contribution in [0.1, 0.15) is 20.3 Å². The van der Waals surface area contributed by atoms with Crippen LogP contribution in [0, 0.1) is 5.92 Å². The van der Waals surface area contributed by atoms with Crippen LogP contribution < -0.4 is 16.4 Å². The maximum absolute atomic E-state index is 11.4. The second-order valence-electron chi connectivity index (χ2n) is 4.12. The molecule has 0 saturated heterocycles. The van der Waals surface area contributed by atoms with Gasteiger partial charge in [0.05, 0.1) is 6.04 Å². The molecule has 0 saturated carbocycles. The molecule has 0 rings (SSSR count). The van der Waals surface area contributed by atoms with Crippen LogP contribution in [0.2, 0.25) is 0 Å². The minimum absolute atomic E-state index is 0.0251. The Morgan fingerprint density at radius 2 is 1.71 bits per heavy atom. The Bertz CT molecular complexity index is 244. The number of nitrogens with one attached hydrogen (secondary N) is 2. The number of rotatable bonds is 8. The number of methoxy groups -OCH3 is 1. The fraction of sp³-hybridized carbons (Fsp3) is 0.818. The Hall–Kier alpha value is -1.14. The van der Waals surface area contributed by atoms with Crippen LogP contribution in [-0.4, -0.2) is 44.7 Å². The summed E-state index contributed by atoms with van der Waals surface area (Å²) in [5, 5.41) is 5.35. The molecule has 0 heterocycles. The van der Waals surface area contributed by atoms with Gasteiger partial charge in [0.25, 0.3) is 0 Å². The molecule has 4 N–H and O–H groups in total. The topological polar surface area (TPSA) is 93.4 Å². The standard InChI is InChI=1S/C11H23N3O3/c1-8(2)10(15)13-5-6-14-11(16)9(12)4-7-17-3/h8-9H,4-7,12H2,1-3H3,(H,13,15)(H,14,16). The lowest BCUT2D eigenvalue weighted by Crippen LogP contribution is -2.44. The zero-order valence-corrected chi connectivity index (χ0v) is 10.8. The summed E-state index contributed by atoms with van der Waals surface area (Å²) in [5.74, 6) is -0.293. The van der Waals surface area contributed by atoms with Crippen LogP contribution in [0.3, 0.4) is 0 Å². The van der Waals surface area contributed by atoms with Gasteiger partial charge in [-0.25, -0.2) is 0 Å². The molecule has 100 valence electrons. The van der Waals surface area contributed by atoms with Crippen molar-refractivity contribution < 1.29 is 14.3 Å². The fourth-order valence-corrected chi connectivity index (χ4v) is 1.08. The third kappa shape index (κ3) is 7.70. The van der Waals surface area contributed by atoms with E-state index in [1.807, 2.05) is 13.8 Å². The molecule has 0 aromatic carbocycles. The van der Waals surface area contributed by atoms with Crippen molar-refractivity contribution in [3.8, 4) is 0 Å². The fourth-order valence-electron chi connectivity index (χ4n) is 1.08. The van der Waals surface area contributed by atoms with Gasteiger partial charge in [-0.1, -0.05) is 13.8 Å². The molecule has 0 aliphatic carbocycles. The van der Waals surface area contributed by atoms with Crippen LogP contribution in [0.25, 0.3) is 0 Å². The number of nitrogens with two attached hydrogens (primary N) is 1. The third-order valence-corrected chi connectivity index (χ3v) is 2.22. The van der Waals surface area contributed by atoms with Gasteiger partial charge in [-0.15, -0.1) is 0 Å². The largest absolute Gasteiger partial charge is 0.385 e. The van der Waals surface area contributed by atoms with Gasteiger partial charge in [-0.2, -0.15) is 0 Å². The summed E-state index contributed by atoms with van der Waals surface area (Å²) in [5.41, 5.74) is 5.61. The van der Waals surface area contributed by atoms with E-state index in [4.69, 9.17) is 10.5 Å². The van der Waals surface area contributed by atoms with E-state index in [1.54, 1.807) is 7.11 Å². The number of ether oxygens (including phenoxy) is 1. The molecule has 1 atom stereocenters. The summed E-state index contributed by atoms with van der Waals surface area (Å²) in [7, 11) is 1.56. The molecular formula is C11H23N3O3. The average Bonchev–Trinajstić information content (AvgIpc) is 2.30. The first-order chi connectivity index (χ1) is 7.99. The summed E-state index contributed by atoms with van der Waals surface area (Å²) in [6, 6.07) is -0.559. The first-order valence-corrected chi connectivity index (χ1v) is 5.79. The highest BCUT2D eigenvalue weighted by molar-refractivity contribution is 5.81. The van der Waals surface area contributed by atoms with Gasteiger partial charge in [0, 0.05) is 32.7 Å². The molecule has 0 radical (unpaired) electrons. The van der Waals surface area contributed by atoms with E-state index < -0.39 is 6.04 Å². The lowest BCUT2D eigenvalue weighted by atomic mass is 10.2. The molecule has 0 aromatic rings. The maximum Gasteiger partial charge on any atom is 0.237 e. The second-order valence-corrected chi connectivity index (χ2v) is 4.12. The van der Waals surface area contributed by atoms with Crippen LogP contribution >= 0.6 is 0 Å². The number of carbonyl (C=O) groups excluding carboxylic acids is 2. The molecule has 1 unspecified atom stereocenters. The Morgan fingerprint density at radius 3 is 2.18 bits per heavy atom. The predicted molar refractivity (Wildman–Crippen MR) is 65.3 cm³/mol. The van der Waals surface area contributed by atoms with E-state index in [-0.39, 0.29) is 17.7 Å². The lowest BCUT2D eigenvalue weighted by Gasteiger charge is -2.12. The monoisotopic (exact) mass is 245 g/mol. The van der Waals surface area contributed by atoms with E-state index in [1.165, 1.54) is 0 Å². The van der Waals surface area contributed by atoms with Gasteiger partial charge < -0.3 is 21.1 Å². The molecular weight excluding hydrogens is 222 g/mol. The van der Waals surface area contributed by atoms with Crippen molar-refractivity contribution in [1.29, 1.82) is 0 Å². The molecule has 17 heavy (non-hydrogen) atoms. The van der Waals surface area contributed by atoms with Crippen LogP contribution in [0.4, 0.5) is 0 Å². The van der Waals surface area contributed by atoms with Crippen molar-refractivity contribution in [3.63, 3.8) is 0 Å². The van der Waals surface area contributed by atoms with Crippen LogP contribution in [-0.2, 0) is 14.3 Å². The van der Waals surface area contributed by atoms with Gasteiger partial charge in [0.2, 0.25) is 11.8 Å². The number of amides is 2. The first-order valence-electron chi connectivity index (χ1n) is 5.79. The van der Waals surface area contributed by atoms with Crippen LogP contribution in [0.5, 0.6) is 0 Å². The van der Waals surface area contributed by atoms with Crippen molar-refractivity contribution in [2.75, 3.05) is 26.8 Å². The number of hydrogen-bond donors (Lipinski definition) is 3. The summed E-state index contributed by atoms with van der Waals surface area (Å²) < 4.78 is 4.83. The number of carbonyl (C=O) groups is 2. The molecule has 0 aliphatic heterocycles.